The summed E-state index contributed by atoms with van der Waals surface area (Å²) < 4.78 is 0. The van der Waals surface area contributed by atoms with Gasteiger partial charge in [-0.1, -0.05) is 19.8 Å². The van der Waals surface area contributed by atoms with Crippen molar-refractivity contribution in [3.05, 3.63) is 0 Å². The van der Waals surface area contributed by atoms with E-state index >= 15 is 0 Å². The first kappa shape index (κ1) is 15.0. The van der Waals surface area contributed by atoms with E-state index in [9.17, 15) is 4.79 Å². The molecule has 1 aliphatic rings. The van der Waals surface area contributed by atoms with Crippen LogP contribution in [0.2, 0.25) is 0 Å². The van der Waals surface area contributed by atoms with Crippen LogP contribution in [0.15, 0.2) is 0 Å². The van der Waals surface area contributed by atoms with Gasteiger partial charge >= 0.3 is 0 Å². The predicted molar refractivity (Wildman–Crippen MR) is 71.9 cm³/mol. The lowest BCUT2D eigenvalue weighted by molar-refractivity contribution is -0.129. The second-order valence-corrected chi connectivity index (χ2v) is 5.30. The lowest BCUT2D eigenvalue weighted by Gasteiger charge is -2.29. The van der Waals surface area contributed by atoms with Crippen LogP contribution in [0.5, 0.6) is 0 Å². The number of amides is 1. The molecule has 1 aliphatic carbocycles. The van der Waals surface area contributed by atoms with Gasteiger partial charge in [-0.15, -0.1) is 0 Å². The molecule has 18 heavy (non-hydrogen) atoms. The lowest BCUT2D eigenvalue weighted by Crippen LogP contribution is -2.39. The molecule has 4 heteroatoms. The van der Waals surface area contributed by atoms with Crippen molar-refractivity contribution in [1.29, 1.82) is 5.26 Å². The Morgan fingerprint density at radius 1 is 1.44 bits per heavy atom. The van der Waals surface area contributed by atoms with Crippen LogP contribution in [0.25, 0.3) is 0 Å². The monoisotopic (exact) mass is 251 g/mol. The fourth-order valence-corrected chi connectivity index (χ4v) is 2.52. The number of hydrogen-bond donors (Lipinski definition) is 1. The predicted octanol–water partition coefficient (Wildman–Crippen LogP) is 1.92. The van der Waals surface area contributed by atoms with Crippen molar-refractivity contribution in [3.63, 3.8) is 0 Å². The average Bonchev–Trinajstić information content (AvgIpc) is 2.38. The maximum absolute atomic E-state index is 11.7. The maximum Gasteiger partial charge on any atom is 0.223 e. The van der Waals surface area contributed by atoms with E-state index in [0.29, 0.717) is 25.4 Å². The third-order valence-corrected chi connectivity index (χ3v) is 3.84. The molecule has 1 N–H and O–H groups in total. The third kappa shape index (κ3) is 5.05. The van der Waals surface area contributed by atoms with Gasteiger partial charge in [0.15, 0.2) is 0 Å². The molecule has 1 saturated carbocycles. The van der Waals surface area contributed by atoms with Gasteiger partial charge in [0.1, 0.15) is 0 Å². The standard InChI is InChI=1S/C14H25N3O/c1-12-6-3-4-7-13(12)16-10-8-14(18)17(2)11-5-9-15/h12-13,16H,3-8,10-11H2,1-2H3/t12-,13-/m1/s1. The molecule has 0 bridgehead atoms. The molecule has 0 radical (unpaired) electrons. The smallest absolute Gasteiger partial charge is 0.223 e. The van der Waals surface area contributed by atoms with Crippen LogP contribution in [0.3, 0.4) is 0 Å². The van der Waals surface area contributed by atoms with Gasteiger partial charge in [0.05, 0.1) is 12.5 Å². The first-order valence-corrected chi connectivity index (χ1v) is 6.99. The van der Waals surface area contributed by atoms with E-state index in [1.165, 1.54) is 25.7 Å². The fourth-order valence-electron chi connectivity index (χ4n) is 2.52. The molecule has 102 valence electrons. The van der Waals surface area contributed by atoms with Gasteiger partial charge in [0.2, 0.25) is 5.91 Å². The van der Waals surface area contributed by atoms with E-state index < -0.39 is 0 Å². The van der Waals surface area contributed by atoms with Crippen molar-refractivity contribution in [2.45, 2.75) is 51.5 Å². The Morgan fingerprint density at radius 3 is 2.83 bits per heavy atom. The molecular weight excluding hydrogens is 226 g/mol. The van der Waals surface area contributed by atoms with Gasteiger partial charge < -0.3 is 10.2 Å². The molecule has 0 aliphatic heterocycles. The van der Waals surface area contributed by atoms with E-state index in [-0.39, 0.29) is 5.91 Å². The van der Waals surface area contributed by atoms with Crippen LogP contribution in [-0.2, 0) is 4.79 Å². The summed E-state index contributed by atoms with van der Waals surface area (Å²) >= 11 is 0. The molecule has 0 saturated heterocycles. The number of carbonyl (C=O) groups excluding carboxylic acids is 1. The molecule has 0 aromatic heterocycles. The molecular formula is C14H25N3O. The van der Waals surface area contributed by atoms with E-state index in [4.69, 9.17) is 5.26 Å². The summed E-state index contributed by atoms with van der Waals surface area (Å²) in [5.74, 6) is 0.853. The normalized spacial score (nSPS) is 23.4. The summed E-state index contributed by atoms with van der Waals surface area (Å²) in [6.45, 7) is 3.58. The summed E-state index contributed by atoms with van der Waals surface area (Å²) in [4.78, 5) is 13.4. The maximum atomic E-state index is 11.7. The topological polar surface area (TPSA) is 56.1 Å². The summed E-state index contributed by atoms with van der Waals surface area (Å²) in [5.41, 5.74) is 0. The van der Waals surface area contributed by atoms with E-state index in [1.54, 1.807) is 11.9 Å². The zero-order chi connectivity index (χ0) is 13.4. The van der Waals surface area contributed by atoms with Crippen molar-refractivity contribution in [1.82, 2.24) is 10.2 Å². The SMILES string of the molecule is C[C@@H]1CCCC[C@H]1NCCC(=O)N(C)CCC#N. The lowest BCUT2D eigenvalue weighted by atomic mass is 9.86. The number of nitriles is 1. The van der Waals surface area contributed by atoms with Crippen LogP contribution in [0.4, 0.5) is 0 Å². The van der Waals surface area contributed by atoms with Gasteiger partial charge in [0, 0.05) is 32.6 Å². The summed E-state index contributed by atoms with van der Waals surface area (Å²) in [7, 11) is 1.77. The first-order valence-electron chi connectivity index (χ1n) is 6.99. The minimum atomic E-state index is 0.126. The van der Waals surface area contributed by atoms with E-state index in [1.807, 2.05) is 0 Å². The molecule has 0 aromatic rings. The summed E-state index contributed by atoms with van der Waals surface area (Å²) in [5, 5.41) is 12.0. The molecule has 1 fully saturated rings. The second kappa shape index (κ2) is 8.10. The van der Waals surface area contributed by atoms with E-state index in [0.717, 1.165) is 12.5 Å². The molecule has 1 rings (SSSR count). The van der Waals surface area contributed by atoms with Crippen molar-refractivity contribution in [2.75, 3.05) is 20.1 Å². The first-order chi connectivity index (χ1) is 8.65. The highest BCUT2D eigenvalue weighted by Gasteiger charge is 2.20. The van der Waals surface area contributed by atoms with Crippen LogP contribution >= 0.6 is 0 Å². The Labute approximate surface area is 110 Å². The van der Waals surface area contributed by atoms with Gasteiger partial charge in [-0.3, -0.25) is 4.79 Å². The van der Waals surface area contributed by atoms with Crippen molar-refractivity contribution >= 4 is 5.91 Å². The molecule has 2 atom stereocenters. The Kier molecular flexibility index (Phi) is 6.74. The van der Waals surface area contributed by atoms with Crippen molar-refractivity contribution in [2.24, 2.45) is 5.92 Å². The molecule has 0 heterocycles. The Hall–Kier alpha value is -1.08. The third-order valence-electron chi connectivity index (χ3n) is 3.84. The van der Waals surface area contributed by atoms with Gasteiger partial charge in [-0.25, -0.2) is 0 Å². The van der Waals surface area contributed by atoms with Crippen LogP contribution in [-0.4, -0.2) is 37.0 Å². The molecule has 4 nitrogen and oxygen atoms in total. The largest absolute Gasteiger partial charge is 0.345 e. The van der Waals surface area contributed by atoms with Crippen molar-refractivity contribution in [3.8, 4) is 6.07 Å². The molecule has 0 unspecified atom stereocenters. The van der Waals surface area contributed by atoms with Gasteiger partial charge in [-0.05, 0) is 18.8 Å². The van der Waals surface area contributed by atoms with Crippen molar-refractivity contribution < 1.29 is 4.79 Å². The summed E-state index contributed by atoms with van der Waals surface area (Å²) in [6, 6.07) is 2.64. The minimum Gasteiger partial charge on any atom is -0.345 e. The molecule has 0 aromatic carbocycles. The highest BCUT2D eigenvalue weighted by molar-refractivity contribution is 5.76. The second-order valence-electron chi connectivity index (χ2n) is 5.30. The van der Waals surface area contributed by atoms with Gasteiger partial charge in [-0.2, -0.15) is 5.26 Å². The zero-order valence-electron chi connectivity index (χ0n) is 11.6. The van der Waals surface area contributed by atoms with Gasteiger partial charge in [0.25, 0.3) is 0 Å². The van der Waals surface area contributed by atoms with Crippen LogP contribution < -0.4 is 5.32 Å². The highest BCUT2D eigenvalue weighted by Crippen LogP contribution is 2.23. The molecule has 1 amide bonds. The Balaban J connectivity index is 2.16. The average molecular weight is 251 g/mol. The fraction of sp³-hybridized carbons (Fsp3) is 0.857. The number of nitrogens with one attached hydrogen (secondary N) is 1. The van der Waals surface area contributed by atoms with Crippen LogP contribution in [0.1, 0.15) is 45.4 Å². The number of rotatable bonds is 6. The minimum absolute atomic E-state index is 0.126. The molecule has 0 spiro atoms. The Morgan fingerprint density at radius 2 is 2.17 bits per heavy atom. The zero-order valence-corrected chi connectivity index (χ0v) is 11.6. The number of hydrogen-bond acceptors (Lipinski definition) is 3. The number of nitrogens with zero attached hydrogens (tertiary/aromatic N) is 2. The number of carbonyl (C=O) groups is 1. The highest BCUT2D eigenvalue weighted by atomic mass is 16.2. The quantitative estimate of drug-likeness (QED) is 0.784. The Bertz CT molecular complexity index is 298. The summed E-state index contributed by atoms with van der Waals surface area (Å²) in [6.07, 6.45) is 6.13. The van der Waals surface area contributed by atoms with E-state index in [2.05, 4.69) is 18.3 Å². The van der Waals surface area contributed by atoms with Crippen LogP contribution in [0, 0.1) is 17.2 Å².